The van der Waals surface area contributed by atoms with E-state index in [0.717, 1.165) is 5.56 Å². The van der Waals surface area contributed by atoms with E-state index >= 15 is 0 Å². The van der Waals surface area contributed by atoms with Crippen molar-refractivity contribution >= 4 is 6.09 Å². The second kappa shape index (κ2) is 4.87. The number of nitrogens with two attached hydrogens (primary N) is 1. The van der Waals surface area contributed by atoms with Crippen LogP contribution in [-0.2, 0) is 11.2 Å². The van der Waals surface area contributed by atoms with E-state index in [1.165, 1.54) is 0 Å². The van der Waals surface area contributed by atoms with Crippen molar-refractivity contribution in [3.63, 3.8) is 0 Å². The molecule has 72 valence electrons. The average Bonchev–Trinajstić information content (AvgIpc) is 2.17. The second-order valence-corrected chi connectivity index (χ2v) is 2.74. The Hall–Kier alpha value is -2.02. The fraction of sp³-hybridized carbons (Fsp3) is 0.200. The van der Waals surface area contributed by atoms with Gasteiger partial charge in [0.2, 0.25) is 0 Å². The number of nitriles is 1. The molecular weight excluding hydrogens is 180 g/mol. The zero-order chi connectivity index (χ0) is 10.4. The molecule has 4 nitrogen and oxygen atoms in total. The maximum atomic E-state index is 10.4. The van der Waals surface area contributed by atoms with E-state index in [1.807, 2.05) is 36.4 Å². The van der Waals surface area contributed by atoms with Gasteiger partial charge in [-0.1, -0.05) is 30.3 Å². The molecule has 0 aliphatic carbocycles. The molecule has 0 heterocycles. The first-order valence-electron chi connectivity index (χ1n) is 4.12. The maximum absolute atomic E-state index is 10.4. The van der Waals surface area contributed by atoms with Crippen LogP contribution in [0.3, 0.4) is 0 Å². The highest BCUT2D eigenvalue weighted by Crippen LogP contribution is 2.05. The van der Waals surface area contributed by atoms with E-state index in [-0.39, 0.29) is 0 Å². The minimum atomic E-state index is -0.924. The number of carbonyl (C=O) groups excluding carboxylic acids is 1. The van der Waals surface area contributed by atoms with Crippen LogP contribution in [0.4, 0.5) is 4.79 Å². The van der Waals surface area contributed by atoms with Gasteiger partial charge in [-0.05, 0) is 5.56 Å². The SMILES string of the molecule is N#CC(Cc1ccccc1)OC(N)=O. The molecule has 0 aliphatic rings. The first-order valence-corrected chi connectivity index (χ1v) is 4.12. The topological polar surface area (TPSA) is 76.1 Å². The van der Waals surface area contributed by atoms with Crippen LogP contribution in [0.25, 0.3) is 0 Å². The number of hydrogen-bond acceptors (Lipinski definition) is 3. The van der Waals surface area contributed by atoms with Crippen LogP contribution >= 0.6 is 0 Å². The van der Waals surface area contributed by atoms with Gasteiger partial charge < -0.3 is 10.5 Å². The molecule has 1 aromatic rings. The highest BCUT2D eigenvalue weighted by atomic mass is 16.6. The lowest BCUT2D eigenvalue weighted by molar-refractivity contribution is 0.132. The van der Waals surface area contributed by atoms with Gasteiger partial charge in [0.25, 0.3) is 0 Å². The molecule has 0 bridgehead atoms. The van der Waals surface area contributed by atoms with E-state index in [2.05, 4.69) is 4.74 Å². The molecule has 1 amide bonds. The van der Waals surface area contributed by atoms with Gasteiger partial charge in [0, 0.05) is 6.42 Å². The summed E-state index contributed by atoms with van der Waals surface area (Å²) in [5.74, 6) is 0. The number of primary amides is 1. The van der Waals surface area contributed by atoms with Crippen molar-refractivity contribution in [3.05, 3.63) is 35.9 Å². The lowest BCUT2D eigenvalue weighted by Crippen LogP contribution is -2.23. The van der Waals surface area contributed by atoms with Gasteiger partial charge in [-0.15, -0.1) is 0 Å². The molecule has 2 N–H and O–H groups in total. The van der Waals surface area contributed by atoms with Crippen molar-refractivity contribution in [3.8, 4) is 6.07 Å². The average molecular weight is 190 g/mol. The molecule has 1 atom stereocenters. The van der Waals surface area contributed by atoms with Gasteiger partial charge >= 0.3 is 6.09 Å². The Labute approximate surface area is 81.9 Å². The van der Waals surface area contributed by atoms with Crippen LogP contribution in [0, 0.1) is 11.3 Å². The Kier molecular flexibility index (Phi) is 3.50. The van der Waals surface area contributed by atoms with Crippen molar-refractivity contribution in [1.82, 2.24) is 0 Å². The number of rotatable bonds is 3. The summed E-state index contributed by atoms with van der Waals surface area (Å²) in [7, 11) is 0. The van der Waals surface area contributed by atoms with Crippen LogP contribution in [0.5, 0.6) is 0 Å². The minimum absolute atomic E-state index is 0.361. The Balaban J connectivity index is 2.58. The lowest BCUT2D eigenvalue weighted by atomic mass is 10.1. The molecule has 0 aromatic heterocycles. The highest BCUT2D eigenvalue weighted by molar-refractivity contribution is 5.65. The summed E-state index contributed by atoms with van der Waals surface area (Å²) in [5, 5.41) is 8.65. The zero-order valence-corrected chi connectivity index (χ0v) is 7.51. The highest BCUT2D eigenvalue weighted by Gasteiger charge is 2.11. The number of hydrogen-bond donors (Lipinski definition) is 1. The Morgan fingerprint density at radius 1 is 1.50 bits per heavy atom. The summed E-state index contributed by atoms with van der Waals surface area (Å²) in [4.78, 5) is 10.4. The molecule has 0 aliphatic heterocycles. The number of amides is 1. The first kappa shape index (κ1) is 10.1. The zero-order valence-electron chi connectivity index (χ0n) is 7.51. The fourth-order valence-electron chi connectivity index (χ4n) is 1.08. The molecule has 0 spiro atoms. The molecule has 4 heteroatoms. The third-order valence-electron chi connectivity index (χ3n) is 1.67. The second-order valence-electron chi connectivity index (χ2n) is 2.74. The minimum Gasteiger partial charge on any atom is -0.431 e. The van der Waals surface area contributed by atoms with Crippen molar-refractivity contribution in [2.24, 2.45) is 5.73 Å². The summed E-state index contributed by atoms with van der Waals surface area (Å²) < 4.78 is 4.58. The smallest absolute Gasteiger partial charge is 0.405 e. The predicted molar refractivity (Wildman–Crippen MR) is 50.2 cm³/mol. The Bertz CT molecular complexity index is 343. The molecule has 1 rings (SSSR count). The van der Waals surface area contributed by atoms with Gasteiger partial charge in [0.1, 0.15) is 6.07 Å². The molecule has 0 fully saturated rings. The Morgan fingerprint density at radius 3 is 2.64 bits per heavy atom. The fourth-order valence-corrected chi connectivity index (χ4v) is 1.08. The van der Waals surface area contributed by atoms with E-state index < -0.39 is 12.2 Å². The van der Waals surface area contributed by atoms with Gasteiger partial charge in [-0.25, -0.2) is 4.79 Å². The number of ether oxygens (including phenoxy) is 1. The van der Waals surface area contributed by atoms with Crippen LogP contribution in [0.2, 0.25) is 0 Å². The maximum Gasteiger partial charge on any atom is 0.405 e. The summed E-state index contributed by atoms with van der Waals surface area (Å²) in [6, 6.07) is 11.2. The van der Waals surface area contributed by atoms with Gasteiger partial charge in [-0.2, -0.15) is 5.26 Å². The number of benzene rings is 1. The summed E-state index contributed by atoms with van der Waals surface area (Å²) in [5.41, 5.74) is 5.74. The molecule has 1 aromatic carbocycles. The standard InChI is InChI=1S/C10H10N2O2/c11-7-9(14-10(12)13)6-8-4-2-1-3-5-8/h1-5,9H,6H2,(H2,12,13). The van der Waals surface area contributed by atoms with Gasteiger partial charge in [0.15, 0.2) is 6.10 Å². The Morgan fingerprint density at radius 2 is 2.14 bits per heavy atom. The van der Waals surface area contributed by atoms with Crippen LogP contribution in [0.15, 0.2) is 30.3 Å². The molecule has 1 unspecified atom stereocenters. The summed E-state index contributed by atoms with van der Waals surface area (Å²) in [6.45, 7) is 0. The summed E-state index contributed by atoms with van der Waals surface area (Å²) >= 11 is 0. The number of nitrogens with zero attached hydrogens (tertiary/aromatic N) is 1. The molecule has 14 heavy (non-hydrogen) atoms. The quantitative estimate of drug-likeness (QED) is 0.778. The van der Waals surface area contributed by atoms with Crippen molar-refractivity contribution in [2.75, 3.05) is 0 Å². The van der Waals surface area contributed by atoms with E-state index in [1.54, 1.807) is 0 Å². The molecule has 0 radical (unpaired) electrons. The molecular formula is C10H10N2O2. The van der Waals surface area contributed by atoms with Gasteiger partial charge in [-0.3, -0.25) is 0 Å². The van der Waals surface area contributed by atoms with Crippen molar-refractivity contribution in [1.29, 1.82) is 5.26 Å². The lowest BCUT2D eigenvalue weighted by Gasteiger charge is -2.08. The first-order chi connectivity index (χ1) is 6.72. The third kappa shape index (κ3) is 3.15. The van der Waals surface area contributed by atoms with Crippen LogP contribution in [0.1, 0.15) is 5.56 Å². The summed E-state index contributed by atoms with van der Waals surface area (Å²) in [6.07, 6.45) is -1.37. The van der Waals surface area contributed by atoms with E-state index in [4.69, 9.17) is 11.0 Å². The third-order valence-corrected chi connectivity index (χ3v) is 1.67. The molecule has 0 saturated carbocycles. The van der Waals surface area contributed by atoms with Gasteiger partial charge in [0.05, 0.1) is 0 Å². The van der Waals surface area contributed by atoms with E-state index in [0.29, 0.717) is 6.42 Å². The largest absolute Gasteiger partial charge is 0.431 e. The van der Waals surface area contributed by atoms with E-state index in [9.17, 15) is 4.79 Å². The predicted octanol–water partition coefficient (Wildman–Crippen LogP) is 1.22. The normalized spacial score (nSPS) is 11.4. The number of carbonyl (C=O) groups is 1. The van der Waals surface area contributed by atoms with Crippen molar-refractivity contribution < 1.29 is 9.53 Å². The van der Waals surface area contributed by atoms with Crippen LogP contribution < -0.4 is 5.73 Å². The molecule has 0 saturated heterocycles. The van der Waals surface area contributed by atoms with Crippen molar-refractivity contribution in [2.45, 2.75) is 12.5 Å². The monoisotopic (exact) mass is 190 g/mol. The van der Waals surface area contributed by atoms with Crippen LogP contribution in [-0.4, -0.2) is 12.2 Å².